The van der Waals surface area contributed by atoms with Crippen molar-refractivity contribution < 1.29 is 14.6 Å². The zero-order valence-corrected chi connectivity index (χ0v) is 13.2. The van der Waals surface area contributed by atoms with Crippen LogP contribution in [0.4, 0.5) is 0 Å². The SMILES string of the molecule is Oc1c(Cl)cc(Cl)cc1CNC1CCC2(CC1)OCCO2. The third-order valence-corrected chi connectivity index (χ3v) is 4.76. The lowest BCUT2D eigenvalue weighted by atomic mass is 9.90. The van der Waals surface area contributed by atoms with Gasteiger partial charge in [0.05, 0.1) is 18.2 Å². The van der Waals surface area contributed by atoms with E-state index in [1.54, 1.807) is 12.1 Å². The molecule has 1 saturated heterocycles. The second-order valence-corrected chi connectivity index (χ2v) is 6.50. The van der Waals surface area contributed by atoms with Gasteiger partial charge in [0.1, 0.15) is 5.75 Å². The van der Waals surface area contributed by atoms with Gasteiger partial charge in [0.15, 0.2) is 5.79 Å². The van der Waals surface area contributed by atoms with Crippen LogP contribution >= 0.6 is 23.2 Å². The number of phenols is 1. The molecule has 0 aromatic heterocycles. The molecule has 1 aromatic rings. The minimum atomic E-state index is -0.334. The van der Waals surface area contributed by atoms with E-state index in [1.165, 1.54) is 0 Å². The maximum Gasteiger partial charge on any atom is 0.168 e. The van der Waals surface area contributed by atoms with Crippen LogP contribution in [0.2, 0.25) is 10.0 Å². The molecule has 6 heteroatoms. The normalized spacial score (nSPS) is 22.0. The fourth-order valence-electron chi connectivity index (χ4n) is 3.06. The monoisotopic (exact) mass is 331 g/mol. The molecule has 1 spiro atoms. The number of halogens is 2. The summed E-state index contributed by atoms with van der Waals surface area (Å²) in [6.07, 6.45) is 3.81. The second-order valence-electron chi connectivity index (χ2n) is 5.66. The van der Waals surface area contributed by atoms with E-state index < -0.39 is 0 Å². The van der Waals surface area contributed by atoms with E-state index in [1.807, 2.05) is 0 Å². The lowest BCUT2D eigenvalue weighted by molar-refractivity contribution is -0.179. The van der Waals surface area contributed by atoms with Gasteiger partial charge in [-0.15, -0.1) is 0 Å². The van der Waals surface area contributed by atoms with Crippen LogP contribution in [0.3, 0.4) is 0 Å². The van der Waals surface area contributed by atoms with E-state index in [0.717, 1.165) is 31.2 Å². The predicted octanol–water partition coefficient (Wildman–Crippen LogP) is 3.47. The van der Waals surface area contributed by atoms with Crippen molar-refractivity contribution in [3.8, 4) is 5.75 Å². The molecule has 0 amide bonds. The first kappa shape index (κ1) is 15.4. The minimum Gasteiger partial charge on any atom is -0.506 e. The highest BCUT2D eigenvalue weighted by Gasteiger charge is 2.40. The molecule has 0 unspecified atom stereocenters. The maximum atomic E-state index is 9.95. The fraction of sp³-hybridized carbons (Fsp3) is 0.600. The van der Waals surface area contributed by atoms with E-state index in [2.05, 4.69) is 5.32 Å². The summed E-state index contributed by atoms with van der Waals surface area (Å²) in [5, 5.41) is 14.2. The number of benzene rings is 1. The first-order valence-electron chi connectivity index (χ1n) is 7.26. The zero-order valence-electron chi connectivity index (χ0n) is 11.7. The molecule has 4 nitrogen and oxygen atoms in total. The largest absolute Gasteiger partial charge is 0.506 e. The summed E-state index contributed by atoms with van der Waals surface area (Å²) in [6, 6.07) is 3.67. The van der Waals surface area contributed by atoms with Crippen molar-refractivity contribution in [2.75, 3.05) is 13.2 Å². The standard InChI is InChI=1S/C15H19Cl2NO3/c16-11-7-10(14(19)13(17)8-11)9-18-12-1-3-15(4-2-12)20-5-6-21-15/h7-8,12,18-19H,1-6,9H2. The molecule has 2 fully saturated rings. The highest BCUT2D eigenvalue weighted by molar-refractivity contribution is 6.35. The molecule has 3 rings (SSSR count). The molecule has 2 aliphatic rings. The summed E-state index contributed by atoms with van der Waals surface area (Å²) in [7, 11) is 0. The van der Waals surface area contributed by atoms with Gasteiger partial charge in [0, 0.05) is 36.0 Å². The zero-order chi connectivity index (χ0) is 14.9. The fourth-order valence-corrected chi connectivity index (χ4v) is 3.59. The number of nitrogens with one attached hydrogen (secondary N) is 1. The summed E-state index contributed by atoms with van der Waals surface area (Å²) >= 11 is 11.9. The van der Waals surface area contributed by atoms with Gasteiger partial charge < -0.3 is 19.9 Å². The molecule has 1 aliphatic heterocycles. The van der Waals surface area contributed by atoms with Gasteiger partial charge in [-0.1, -0.05) is 23.2 Å². The third kappa shape index (κ3) is 3.46. The lowest BCUT2D eigenvalue weighted by Gasteiger charge is -2.35. The molecule has 0 radical (unpaired) electrons. The molecule has 1 heterocycles. The topological polar surface area (TPSA) is 50.7 Å². The molecular formula is C15H19Cl2NO3. The van der Waals surface area contributed by atoms with E-state index >= 15 is 0 Å². The molecule has 0 bridgehead atoms. The van der Waals surface area contributed by atoms with Gasteiger partial charge in [-0.3, -0.25) is 0 Å². The number of hydrogen-bond acceptors (Lipinski definition) is 4. The van der Waals surface area contributed by atoms with Gasteiger partial charge in [-0.05, 0) is 25.0 Å². The number of phenolic OH excluding ortho intramolecular Hbond substituents is 1. The summed E-state index contributed by atoms with van der Waals surface area (Å²) in [5.41, 5.74) is 0.723. The summed E-state index contributed by atoms with van der Waals surface area (Å²) < 4.78 is 11.4. The van der Waals surface area contributed by atoms with Gasteiger partial charge in [-0.2, -0.15) is 0 Å². The van der Waals surface area contributed by atoms with Crippen LogP contribution in [0, 0.1) is 0 Å². The van der Waals surface area contributed by atoms with Crippen LogP contribution in [-0.2, 0) is 16.0 Å². The van der Waals surface area contributed by atoms with Crippen molar-refractivity contribution in [1.82, 2.24) is 5.32 Å². The molecule has 1 aromatic carbocycles. The Morgan fingerprint density at radius 2 is 1.86 bits per heavy atom. The maximum absolute atomic E-state index is 9.95. The predicted molar refractivity (Wildman–Crippen MR) is 81.9 cm³/mol. The van der Waals surface area contributed by atoms with Crippen molar-refractivity contribution in [1.29, 1.82) is 0 Å². The first-order chi connectivity index (χ1) is 10.1. The number of ether oxygens (including phenoxy) is 2. The average molecular weight is 332 g/mol. The van der Waals surface area contributed by atoms with Crippen molar-refractivity contribution in [3.05, 3.63) is 27.7 Å². The Labute approximate surface area is 134 Å². The first-order valence-corrected chi connectivity index (χ1v) is 8.02. The molecule has 1 aliphatic carbocycles. The minimum absolute atomic E-state index is 0.100. The Bertz CT molecular complexity index is 508. The van der Waals surface area contributed by atoms with Crippen LogP contribution in [0.25, 0.3) is 0 Å². The van der Waals surface area contributed by atoms with Gasteiger partial charge in [0.25, 0.3) is 0 Å². The van der Waals surface area contributed by atoms with E-state index in [4.69, 9.17) is 32.7 Å². The summed E-state index contributed by atoms with van der Waals surface area (Å²) in [5.74, 6) is -0.233. The van der Waals surface area contributed by atoms with E-state index in [0.29, 0.717) is 30.8 Å². The van der Waals surface area contributed by atoms with E-state index in [-0.39, 0.29) is 16.6 Å². The van der Waals surface area contributed by atoms with E-state index in [9.17, 15) is 5.11 Å². The number of aromatic hydroxyl groups is 1. The second kappa shape index (κ2) is 6.31. The molecule has 2 N–H and O–H groups in total. The van der Waals surface area contributed by atoms with Crippen molar-refractivity contribution in [2.45, 2.75) is 44.1 Å². The highest BCUT2D eigenvalue weighted by Crippen LogP contribution is 2.36. The van der Waals surface area contributed by atoms with Crippen molar-refractivity contribution in [2.24, 2.45) is 0 Å². The van der Waals surface area contributed by atoms with Gasteiger partial charge in [0.2, 0.25) is 0 Å². The molecule has 1 saturated carbocycles. The lowest BCUT2D eigenvalue weighted by Crippen LogP contribution is -2.41. The van der Waals surface area contributed by atoms with Crippen LogP contribution in [0.15, 0.2) is 12.1 Å². The smallest absolute Gasteiger partial charge is 0.168 e. The van der Waals surface area contributed by atoms with Gasteiger partial charge in [-0.25, -0.2) is 0 Å². The molecule has 0 atom stereocenters. The summed E-state index contributed by atoms with van der Waals surface area (Å²) in [4.78, 5) is 0. The molecular weight excluding hydrogens is 313 g/mol. The quantitative estimate of drug-likeness (QED) is 0.890. The Morgan fingerprint density at radius 1 is 1.19 bits per heavy atom. The average Bonchev–Trinajstić information content (AvgIpc) is 2.91. The molecule has 116 valence electrons. The third-order valence-electron chi connectivity index (χ3n) is 4.25. The molecule has 21 heavy (non-hydrogen) atoms. The van der Waals surface area contributed by atoms with Crippen LogP contribution in [-0.4, -0.2) is 30.1 Å². The summed E-state index contributed by atoms with van der Waals surface area (Å²) in [6.45, 7) is 1.95. The van der Waals surface area contributed by atoms with Crippen molar-refractivity contribution in [3.63, 3.8) is 0 Å². The Morgan fingerprint density at radius 3 is 2.52 bits per heavy atom. The number of rotatable bonds is 3. The van der Waals surface area contributed by atoms with Gasteiger partial charge >= 0.3 is 0 Å². The van der Waals surface area contributed by atoms with Crippen molar-refractivity contribution >= 4 is 23.2 Å². The Kier molecular flexibility index (Phi) is 4.62. The van der Waals surface area contributed by atoms with Crippen LogP contribution < -0.4 is 5.32 Å². The van der Waals surface area contributed by atoms with Crippen LogP contribution in [0.5, 0.6) is 5.75 Å². The Hall–Kier alpha value is -0.520. The Balaban J connectivity index is 1.55. The highest BCUT2D eigenvalue weighted by atomic mass is 35.5. The van der Waals surface area contributed by atoms with Crippen LogP contribution in [0.1, 0.15) is 31.2 Å². The number of hydrogen-bond donors (Lipinski definition) is 2.